The monoisotopic (exact) mass is 278 g/mol. The maximum atomic E-state index is 13.5. The normalized spacial score (nSPS) is 12.9. The van der Waals surface area contributed by atoms with Gasteiger partial charge in [-0.25, -0.2) is 8.78 Å². The molecule has 2 nitrogen and oxygen atoms in total. The fraction of sp³-hybridized carbons (Fsp3) is 0.400. The molecule has 15 heavy (non-hydrogen) atoms. The van der Waals surface area contributed by atoms with Crippen LogP contribution in [0.3, 0.4) is 0 Å². The van der Waals surface area contributed by atoms with Gasteiger partial charge >= 0.3 is 0 Å². The predicted molar refractivity (Wildman–Crippen MR) is 59.3 cm³/mol. The van der Waals surface area contributed by atoms with Crippen molar-refractivity contribution in [3.8, 4) is 0 Å². The summed E-state index contributed by atoms with van der Waals surface area (Å²) in [6, 6.07) is 1.88. The van der Waals surface area contributed by atoms with Crippen molar-refractivity contribution in [2.75, 3.05) is 6.54 Å². The summed E-state index contributed by atoms with van der Waals surface area (Å²) < 4.78 is 27.1. The molecule has 1 atom stereocenters. The Morgan fingerprint density at radius 1 is 1.33 bits per heavy atom. The van der Waals surface area contributed by atoms with Crippen molar-refractivity contribution in [1.82, 2.24) is 0 Å². The second kappa shape index (κ2) is 5.53. The second-order valence-electron chi connectivity index (χ2n) is 3.29. The Labute approximate surface area is 95.8 Å². The molecule has 0 heterocycles. The zero-order valence-electron chi connectivity index (χ0n) is 8.14. The molecule has 0 bridgehead atoms. The zero-order valence-corrected chi connectivity index (χ0v) is 9.73. The first-order valence-corrected chi connectivity index (χ1v) is 5.46. The summed E-state index contributed by atoms with van der Waals surface area (Å²) in [6.45, 7) is 0.463. The summed E-state index contributed by atoms with van der Waals surface area (Å²) in [5, 5.41) is 0. The van der Waals surface area contributed by atoms with Gasteiger partial charge in [-0.05, 0) is 47.4 Å². The Kier molecular flexibility index (Phi) is 4.63. The van der Waals surface area contributed by atoms with Gasteiger partial charge in [-0.2, -0.15) is 0 Å². The molecule has 0 unspecified atom stereocenters. The number of hydrogen-bond donors (Lipinski definition) is 2. The molecule has 0 saturated heterocycles. The molecule has 0 saturated carbocycles. The van der Waals surface area contributed by atoms with Crippen LogP contribution in [0.15, 0.2) is 16.6 Å². The van der Waals surface area contributed by atoms with E-state index < -0.39 is 17.7 Å². The lowest BCUT2D eigenvalue weighted by molar-refractivity contribution is 0.503. The average Bonchev–Trinajstić information content (AvgIpc) is 2.21. The molecule has 0 amide bonds. The number of rotatable bonds is 4. The molecule has 0 aliphatic carbocycles. The topological polar surface area (TPSA) is 52.0 Å². The molecule has 4 N–H and O–H groups in total. The summed E-state index contributed by atoms with van der Waals surface area (Å²) in [5.41, 5.74) is 10.9. The highest BCUT2D eigenvalue weighted by molar-refractivity contribution is 9.10. The first-order chi connectivity index (χ1) is 7.07. The van der Waals surface area contributed by atoms with Gasteiger partial charge in [-0.3, -0.25) is 0 Å². The van der Waals surface area contributed by atoms with Crippen LogP contribution in [0.1, 0.15) is 24.4 Å². The van der Waals surface area contributed by atoms with Gasteiger partial charge in [0.15, 0.2) is 0 Å². The third-order valence-electron chi connectivity index (χ3n) is 2.17. The van der Waals surface area contributed by atoms with Crippen molar-refractivity contribution in [2.24, 2.45) is 11.5 Å². The van der Waals surface area contributed by atoms with Crippen LogP contribution in [-0.2, 0) is 0 Å². The van der Waals surface area contributed by atoms with Gasteiger partial charge in [0, 0.05) is 11.6 Å². The summed E-state index contributed by atoms with van der Waals surface area (Å²) in [6.07, 6.45) is 1.12. The van der Waals surface area contributed by atoms with E-state index in [1.807, 2.05) is 0 Å². The molecule has 0 spiro atoms. The first-order valence-electron chi connectivity index (χ1n) is 4.67. The molecule has 0 aliphatic heterocycles. The summed E-state index contributed by atoms with van der Waals surface area (Å²) in [7, 11) is 0. The quantitative estimate of drug-likeness (QED) is 0.832. The zero-order chi connectivity index (χ0) is 11.4. The van der Waals surface area contributed by atoms with Gasteiger partial charge in [-0.1, -0.05) is 0 Å². The highest BCUT2D eigenvalue weighted by Gasteiger charge is 2.18. The molecule has 0 fully saturated rings. The van der Waals surface area contributed by atoms with E-state index in [1.165, 1.54) is 12.1 Å². The molecule has 0 aliphatic rings. The lowest BCUT2D eigenvalue weighted by Gasteiger charge is -2.14. The lowest BCUT2D eigenvalue weighted by Crippen LogP contribution is -2.16. The standard InChI is InChI=1S/C10H13BrF2N2/c11-6-3-4-7(12)9(10(6)13)8(15)2-1-5-14/h3-4,8H,1-2,5,14-15H2/t8-/m1/s1. The van der Waals surface area contributed by atoms with Crippen LogP contribution in [0.2, 0.25) is 0 Å². The van der Waals surface area contributed by atoms with Gasteiger partial charge < -0.3 is 11.5 Å². The summed E-state index contributed by atoms with van der Waals surface area (Å²) in [5.74, 6) is -1.24. The van der Waals surface area contributed by atoms with Crippen molar-refractivity contribution in [1.29, 1.82) is 0 Å². The summed E-state index contributed by atoms with van der Waals surface area (Å²) in [4.78, 5) is 0. The minimum atomic E-state index is -0.647. The molecular weight excluding hydrogens is 266 g/mol. The van der Waals surface area contributed by atoms with Crippen LogP contribution in [-0.4, -0.2) is 6.54 Å². The molecule has 1 rings (SSSR count). The Balaban J connectivity index is 2.96. The number of benzene rings is 1. The fourth-order valence-corrected chi connectivity index (χ4v) is 1.71. The first kappa shape index (κ1) is 12.5. The Bertz CT molecular complexity index is 344. The maximum absolute atomic E-state index is 13.5. The number of halogens is 3. The maximum Gasteiger partial charge on any atom is 0.145 e. The van der Waals surface area contributed by atoms with Crippen molar-refractivity contribution < 1.29 is 8.78 Å². The molecular formula is C10H13BrF2N2. The SMILES string of the molecule is NCCC[C@@H](N)c1c(F)ccc(Br)c1F. The van der Waals surface area contributed by atoms with E-state index in [0.717, 1.165) is 0 Å². The van der Waals surface area contributed by atoms with E-state index in [4.69, 9.17) is 11.5 Å². The van der Waals surface area contributed by atoms with Gasteiger partial charge in [-0.15, -0.1) is 0 Å². The van der Waals surface area contributed by atoms with Gasteiger partial charge in [0.25, 0.3) is 0 Å². The van der Waals surface area contributed by atoms with Crippen molar-refractivity contribution >= 4 is 15.9 Å². The third-order valence-corrected chi connectivity index (χ3v) is 2.78. The molecule has 1 aromatic rings. The fourth-order valence-electron chi connectivity index (χ4n) is 1.36. The van der Waals surface area contributed by atoms with Gasteiger partial charge in [0.1, 0.15) is 11.6 Å². The van der Waals surface area contributed by atoms with E-state index in [-0.39, 0.29) is 10.0 Å². The van der Waals surface area contributed by atoms with E-state index in [0.29, 0.717) is 19.4 Å². The van der Waals surface area contributed by atoms with E-state index in [2.05, 4.69) is 15.9 Å². The largest absolute Gasteiger partial charge is 0.330 e. The Morgan fingerprint density at radius 3 is 2.60 bits per heavy atom. The minimum absolute atomic E-state index is 0.0715. The smallest absolute Gasteiger partial charge is 0.145 e. The van der Waals surface area contributed by atoms with E-state index >= 15 is 0 Å². The number of nitrogens with two attached hydrogens (primary N) is 2. The molecule has 0 aromatic heterocycles. The van der Waals surface area contributed by atoms with Crippen LogP contribution in [0, 0.1) is 11.6 Å². The van der Waals surface area contributed by atoms with Gasteiger partial charge in [0.2, 0.25) is 0 Å². The highest BCUT2D eigenvalue weighted by atomic mass is 79.9. The Morgan fingerprint density at radius 2 is 2.00 bits per heavy atom. The number of hydrogen-bond acceptors (Lipinski definition) is 2. The van der Waals surface area contributed by atoms with Gasteiger partial charge in [0.05, 0.1) is 4.47 Å². The predicted octanol–water partition coefficient (Wildman–Crippen LogP) is 2.47. The van der Waals surface area contributed by atoms with Crippen molar-refractivity contribution in [2.45, 2.75) is 18.9 Å². The average molecular weight is 279 g/mol. The summed E-state index contributed by atoms with van der Waals surface area (Å²) >= 11 is 2.99. The molecule has 1 aromatic carbocycles. The van der Waals surface area contributed by atoms with E-state index in [1.54, 1.807) is 0 Å². The molecule has 0 radical (unpaired) electrons. The lowest BCUT2D eigenvalue weighted by atomic mass is 10.0. The minimum Gasteiger partial charge on any atom is -0.330 e. The Hall–Kier alpha value is -0.520. The van der Waals surface area contributed by atoms with Crippen LogP contribution >= 0.6 is 15.9 Å². The third kappa shape index (κ3) is 2.96. The van der Waals surface area contributed by atoms with Crippen LogP contribution in [0.4, 0.5) is 8.78 Å². The van der Waals surface area contributed by atoms with Crippen LogP contribution in [0.5, 0.6) is 0 Å². The highest BCUT2D eigenvalue weighted by Crippen LogP contribution is 2.27. The molecule has 84 valence electrons. The van der Waals surface area contributed by atoms with Crippen molar-refractivity contribution in [3.05, 3.63) is 33.8 Å². The van der Waals surface area contributed by atoms with Crippen molar-refractivity contribution in [3.63, 3.8) is 0 Å². The second-order valence-corrected chi connectivity index (χ2v) is 4.15. The van der Waals surface area contributed by atoms with E-state index in [9.17, 15) is 8.78 Å². The molecule has 5 heteroatoms. The van der Waals surface area contributed by atoms with Crippen LogP contribution in [0.25, 0.3) is 0 Å². The van der Waals surface area contributed by atoms with Crippen LogP contribution < -0.4 is 11.5 Å².